The third-order valence-electron chi connectivity index (χ3n) is 3.82. The summed E-state index contributed by atoms with van der Waals surface area (Å²) in [5.41, 5.74) is 2.23. The van der Waals surface area contributed by atoms with Crippen LogP contribution in [-0.2, 0) is 13.1 Å². The van der Waals surface area contributed by atoms with Gasteiger partial charge in [-0.25, -0.2) is 0 Å². The minimum Gasteiger partial charge on any atom is -0.506 e. The Morgan fingerprint density at radius 1 is 1.05 bits per heavy atom. The Morgan fingerprint density at radius 3 is 2.32 bits per heavy atom. The van der Waals surface area contributed by atoms with Crippen molar-refractivity contribution in [2.24, 2.45) is 0 Å². The number of halogens is 1. The lowest BCUT2D eigenvalue weighted by molar-refractivity contribution is 0.107. The Hall–Kier alpha value is -1.55. The number of aliphatic hydroxyl groups excluding tert-OH is 1. The van der Waals surface area contributed by atoms with E-state index < -0.39 is 0 Å². The fraction of sp³-hybridized carbons (Fsp3) is 0.333. The molecule has 2 aromatic rings. The number of phenols is 1. The van der Waals surface area contributed by atoms with Crippen LogP contribution in [0.15, 0.2) is 48.5 Å². The van der Waals surface area contributed by atoms with Crippen molar-refractivity contribution in [1.29, 1.82) is 0 Å². The van der Waals surface area contributed by atoms with Gasteiger partial charge in [-0.15, -0.1) is 0 Å². The van der Waals surface area contributed by atoms with Crippen LogP contribution in [0.1, 0.15) is 24.5 Å². The van der Waals surface area contributed by atoms with Crippen LogP contribution in [0, 0.1) is 0 Å². The second-order valence-electron chi connectivity index (χ2n) is 5.42. The van der Waals surface area contributed by atoms with Gasteiger partial charge in [0.25, 0.3) is 0 Å². The molecule has 2 rings (SSSR count). The molecule has 0 saturated carbocycles. The number of aliphatic hydroxyl groups is 1. The van der Waals surface area contributed by atoms with Crippen molar-refractivity contribution < 1.29 is 10.2 Å². The fourth-order valence-corrected chi connectivity index (χ4v) is 2.72. The molecule has 4 heteroatoms. The maximum atomic E-state index is 9.64. The molecular formula is C18H22ClNO2. The zero-order valence-electron chi connectivity index (χ0n) is 12.7. The minimum atomic E-state index is 0.0905. The smallest absolute Gasteiger partial charge is 0.134 e. The van der Waals surface area contributed by atoms with E-state index in [-0.39, 0.29) is 18.4 Å². The van der Waals surface area contributed by atoms with E-state index in [0.29, 0.717) is 11.6 Å². The molecule has 0 fully saturated rings. The van der Waals surface area contributed by atoms with Gasteiger partial charge in [-0.05, 0) is 29.7 Å². The molecule has 0 amide bonds. The predicted octanol–water partition coefficient (Wildman–Crippen LogP) is 3.82. The molecule has 0 radical (unpaired) electrons. The number of hydrogen-bond acceptors (Lipinski definition) is 3. The Labute approximate surface area is 136 Å². The van der Waals surface area contributed by atoms with Crippen molar-refractivity contribution in [2.45, 2.75) is 32.5 Å². The summed E-state index contributed by atoms with van der Waals surface area (Å²) in [6.07, 6.45) is 0.870. The van der Waals surface area contributed by atoms with Crippen LogP contribution in [-0.4, -0.2) is 27.8 Å². The van der Waals surface area contributed by atoms with E-state index in [0.717, 1.165) is 18.5 Å². The molecule has 0 bridgehead atoms. The molecule has 0 aliphatic rings. The summed E-state index contributed by atoms with van der Waals surface area (Å²) in [6.45, 7) is 3.63. The topological polar surface area (TPSA) is 43.7 Å². The van der Waals surface area contributed by atoms with Crippen LogP contribution in [0.3, 0.4) is 0 Å². The van der Waals surface area contributed by atoms with E-state index in [1.54, 1.807) is 12.1 Å². The van der Waals surface area contributed by atoms with Crippen LogP contribution in [0.2, 0.25) is 5.02 Å². The van der Waals surface area contributed by atoms with E-state index in [4.69, 9.17) is 11.6 Å². The Bertz CT molecular complexity index is 585. The number of hydrogen-bond donors (Lipinski definition) is 2. The second kappa shape index (κ2) is 8.18. The van der Waals surface area contributed by atoms with Gasteiger partial charge in [0, 0.05) is 19.1 Å². The lowest BCUT2D eigenvalue weighted by atomic mass is 10.1. The van der Waals surface area contributed by atoms with Crippen molar-refractivity contribution in [3.8, 4) is 5.75 Å². The van der Waals surface area contributed by atoms with Crippen molar-refractivity contribution in [3.63, 3.8) is 0 Å². The number of rotatable bonds is 7. The molecule has 2 aromatic carbocycles. The van der Waals surface area contributed by atoms with Gasteiger partial charge in [0.2, 0.25) is 0 Å². The van der Waals surface area contributed by atoms with Gasteiger partial charge in [-0.1, -0.05) is 54.9 Å². The van der Waals surface area contributed by atoms with E-state index >= 15 is 0 Å². The normalized spacial score (nSPS) is 12.5. The van der Waals surface area contributed by atoms with E-state index in [1.165, 1.54) is 5.56 Å². The van der Waals surface area contributed by atoms with Gasteiger partial charge in [0.05, 0.1) is 11.6 Å². The average molecular weight is 320 g/mol. The number of nitrogens with zero attached hydrogens (tertiary/aromatic N) is 1. The Morgan fingerprint density at radius 2 is 1.73 bits per heavy atom. The summed E-state index contributed by atoms with van der Waals surface area (Å²) in [5, 5.41) is 19.5. The first-order valence-electron chi connectivity index (χ1n) is 7.50. The third kappa shape index (κ3) is 4.47. The number of aromatic hydroxyl groups is 1. The average Bonchev–Trinajstić information content (AvgIpc) is 2.53. The van der Waals surface area contributed by atoms with Gasteiger partial charge in [0.15, 0.2) is 0 Å². The first-order chi connectivity index (χ1) is 10.6. The van der Waals surface area contributed by atoms with E-state index in [1.807, 2.05) is 24.3 Å². The van der Waals surface area contributed by atoms with Crippen molar-refractivity contribution in [2.75, 3.05) is 6.61 Å². The fourth-order valence-electron chi connectivity index (χ4n) is 2.52. The molecule has 1 atom stereocenters. The zero-order valence-corrected chi connectivity index (χ0v) is 13.5. The quantitative estimate of drug-likeness (QED) is 0.815. The van der Waals surface area contributed by atoms with E-state index in [2.05, 4.69) is 24.0 Å². The maximum Gasteiger partial charge on any atom is 0.134 e. The molecule has 0 heterocycles. The summed E-state index contributed by atoms with van der Waals surface area (Å²) in [5.74, 6) is 0.0919. The highest BCUT2D eigenvalue weighted by Gasteiger charge is 2.17. The van der Waals surface area contributed by atoms with Crippen LogP contribution >= 0.6 is 11.6 Å². The monoisotopic (exact) mass is 319 g/mol. The molecule has 2 N–H and O–H groups in total. The van der Waals surface area contributed by atoms with Crippen LogP contribution in [0.5, 0.6) is 5.75 Å². The van der Waals surface area contributed by atoms with E-state index in [9.17, 15) is 10.2 Å². The highest BCUT2D eigenvalue weighted by atomic mass is 35.5. The summed E-state index contributed by atoms with van der Waals surface area (Å²) < 4.78 is 0. The molecule has 118 valence electrons. The van der Waals surface area contributed by atoms with Crippen LogP contribution in [0.4, 0.5) is 0 Å². The molecular weight excluding hydrogens is 298 g/mol. The SMILES string of the molecule is CCC(CO)N(Cc1ccccc1)Cc1ccc(O)c(Cl)c1. The van der Waals surface area contributed by atoms with Gasteiger partial charge in [-0.3, -0.25) is 4.90 Å². The highest BCUT2D eigenvalue weighted by molar-refractivity contribution is 6.32. The molecule has 22 heavy (non-hydrogen) atoms. The van der Waals surface area contributed by atoms with Crippen molar-refractivity contribution >= 4 is 11.6 Å². The third-order valence-corrected chi connectivity index (χ3v) is 4.13. The van der Waals surface area contributed by atoms with Crippen molar-refractivity contribution in [1.82, 2.24) is 4.90 Å². The van der Waals surface area contributed by atoms with Crippen LogP contribution < -0.4 is 0 Å². The molecule has 0 aromatic heterocycles. The summed E-state index contributed by atoms with van der Waals surface area (Å²) >= 11 is 5.99. The predicted molar refractivity (Wildman–Crippen MR) is 90.0 cm³/mol. The van der Waals surface area contributed by atoms with Crippen LogP contribution in [0.25, 0.3) is 0 Å². The van der Waals surface area contributed by atoms with Gasteiger partial charge in [0.1, 0.15) is 5.75 Å². The lowest BCUT2D eigenvalue weighted by Crippen LogP contribution is -2.36. The molecule has 0 saturated heterocycles. The van der Waals surface area contributed by atoms with Gasteiger partial charge >= 0.3 is 0 Å². The molecule has 0 aliphatic heterocycles. The maximum absolute atomic E-state index is 9.64. The van der Waals surface area contributed by atoms with Crippen molar-refractivity contribution in [3.05, 3.63) is 64.7 Å². The summed E-state index contributed by atoms with van der Waals surface area (Å²) in [4.78, 5) is 2.23. The Kier molecular flexibility index (Phi) is 6.25. The number of benzene rings is 2. The summed E-state index contributed by atoms with van der Waals surface area (Å²) in [6, 6.07) is 15.5. The van der Waals surface area contributed by atoms with Gasteiger partial charge < -0.3 is 10.2 Å². The summed E-state index contributed by atoms with van der Waals surface area (Å²) in [7, 11) is 0. The molecule has 1 unspecified atom stereocenters. The minimum absolute atomic E-state index is 0.0905. The lowest BCUT2D eigenvalue weighted by Gasteiger charge is -2.30. The molecule has 0 aliphatic carbocycles. The largest absolute Gasteiger partial charge is 0.506 e. The Balaban J connectivity index is 2.18. The second-order valence-corrected chi connectivity index (χ2v) is 5.83. The highest BCUT2D eigenvalue weighted by Crippen LogP contribution is 2.25. The first-order valence-corrected chi connectivity index (χ1v) is 7.88. The number of phenolic OH excluding ortho intramolecular Hbond substituents is 1. The first kappa shape index (κ1) is 16.8. The molecule has 0 spiro atoms. The molecule has 3 nitrogen and oxygen atoms in total. The zero-order chi connectivity index (χ0) is 15.9. The van der Waals surface area contributed by atoms with Gasteiger partial charge in [-0.2, -0.15) is 0 Å². The standard InChI is InChI=1S/C18H22ClNO2/c1-2-16(13-21)20(11-14-6-4-3-5-7-14)12-15-8-9-18(22)17(19)10-15/h3-10,16,21-22H,2,11-13H2,1H3.